The van der Waals surface area contributed by atoms with Crippen LogP contribution >= 0.6 is 0 Å². The van der Waals surface area contributed by atoms with Gasteiger partial charge in [-0.05, 0) is 30.7 Å². The fraction of sp³-hybridized carbons (Fsp3) is 0.0500. The summed E-state index contributed by atoms with van der Waals surface area (Å²) in [5.41, 5.74) is -4.30. The van der Waals surface area contributed by atoms with Crippen molar-refractivity contribution in [1.29, 1.82) is 0 Å². The molecule has 16 nitrogen and oxygen atoms in total. The zero-order valence-corrected chi connectivity index (χ0v) is 18.0. The molecular weight excluding hydrogens is 484 g/mol. The molecule has 1 heterocycles. The summed E-state index contributed by atoms with van der Waals surface area (Å²) >= 11 is 0. The third-order valence-electron chi connectivity index (χ3n) is 4.83. The van der Waals surface area contributed by atoms with Crippen LogP contribution in [0.25, 0.3) is 0 Å². The van der Waals surface area contributed by atoms with Gasteiger partial charge in [-0.25, -0.2) is 0 Å². The van der Waals surface area contributed by atoms with Gasteiger partial charge in [0.25, 0.3) is 34.6 Å². The Bertz CT molecular complexity index is 1560. The number of carbonyl (C=O) groups is 2. The quantitative estimate of drug-likeness (QED) is 0.358. The van der Waals surface area contributed by atoms with Crippen LogP contribution in [0.15, 0.2) is 59.7 Å². The number of nitrogens with zero attached hydrogens (tertiary/aromatic N) is 6. The molecule has 0 bridgehead atoms. The zero-order chi connectivity index (χ0) is 26.7. The van der Waals surface area contributed by atoms with E-state index in [-0.39, 0.29) is 11.1 Å². The molecule has 0 saturated heterocycles. The molecular formula is C20H12N6O10. The van der Waals surface area contributed by atoms with Gasteiger partial charge < -0.3 is 0 Å². The lowest BCUT2D eigenvalue weighted by atomic mass is 10.1. The summed E-state index contributed by atoms with van der Waals surface area (Å²) in [5.74, 6) is -2.28. The number of aromatic nitrogens is 1. The van der Waals surface area contributed by atoms with Crippen LogP contribution in [0.2, 0.25) is 0 Å². The number of benzene rings is 2. The summed E-state index contributed by atoms with van der Waals surface area (Å²) in [6, 6.07) is 7.46. The van der Waals surface area contributed by atoms with Gasteiger partial charge in [0.05, 0.1) is 31.8 Å². The monoisotopic (exact) mass is 496 g/mol. The third-order valence-corrected chi connectivity index (χ3v) is 4.83. The molecule has 1 aromatic heterocycles. The van der Waals surface area contributed by atoms with E-state index in [4.69, 9.17) is 0 Å². The lowest BCUT2D eigenvalue weighted by Gasteiger charge is -2.09. The molecule has 0 aliphatic carbocycles. The van der Waals surface area contributed by atoms with Gasteiger partial charge in [0, 0.05) is 18.3 Å². The molecule has 16 heteroatoms. The summed E-state index contributed by atoms with van der Waals surface area (Å²) in [7, 11) is 0. The van der Waals surface area contributed by atoms with E-state index in [0.29, 0.717) is 12.1 Å². The van der Waals surface area contributed by atoms with Crippen molar-refractivity contribution in [2.24, 2.45) is 4.99 Å². The number of carbonyl (C=O) groups excluding carboxylic acids is 2. The van der Waals surface area contributed by atoms with Crippen molar-refractivity contribution >= 4 is 34.6 Å². The predicted molar refractivity (Wildman–Crippen MR) is 118 cm³/mol. The smallest absolute Gasteiger partial charge is 0.268 e. The maximum atomic E-state index is 13.2. The second kappa shape index (κ2) is 9.67. The van der Waals surface area contributed by atoms with Gasteiger partial charge in [0.15, 0.2) is 0 Å². The van der Waals surface area contributed by atoms with Gasteiger partial charge in [0.2, 0.25) is 0 Å². The van der Waals surface area contributed by atoms with Crippen molar-refractivity contribution in [1.82, 2.24) is 4.57 Å². The number of non-ortho nitro benzene ring substituents is 2. The molecule has 36 heavy (non-hydrogen) atoms. The van der Waals surface area contributed by atoms with Crippen molar-refractivity contribution in [2.75, 3.05) is 0 Å². The van der Waals surface area contributed by atoms with Crippen LogP contribution < -0.4 is 5.49 Å². The number of hydrogen-bond donors (Lipinski definition) is 0. The Hall–Kier alpha value is -5.67. The highest BCUT2D eigenvalue weighted by Gasteiger charge is 2.27. The molecule has 0 atom stereocenters. The first-order chi connectivity index (χ1) is 16.9. The Labute approximate surface area is 198 Å². The number of amides is 1. The van der Waals surface area contributed by atoms with Crippen molar-refractivity contribution in [2.45, 2.75) is 6.92 Å². The predicted octanol–water partition coefficient (Wildman–Crippen LogP) is 2.86. The Morgan fingerprint density at radius 3 is 1.75 bits per heavy atom. The first-order valence-corrected chi connectivity index (χ1v) is 9.60. The summed E-state index contributed by atoms with van der Waals surface area (Å²) in [6.07, 6.45) is 1.12. The molecule has 0 unspecified atom stereocenters. The van der Waals surface area contributed by atoms with Crippen LogP contribution in [-0.2, 0) is 0 Å². The minimum atomic E-state index is -1.22. The van der Waals surface area contributed by atoms with E-state index in [1.54, 1.807) is 0 Å². The Kier molecular flexibility index (Phi) is 6.71. The maximum Gasteiger partial charge on any atom is 0.289 e. The molecule has 182 valence electrons. The largest absolute Gasteiger partial charge is 0.289 e. The first-order valence-electron chi connectivity index (χ1n) is 9.60. The summed E-state index contributed by atoms with van der Waals surface area (Å²) in [4.78, 5) is 70.7. The maximum absolute atomic E-state index is 13.2. The average molecular weight is 496 g/mol. The van der Waals surface area contributed by atoms with Crippen LogP contribution in [0.4, 0.5) is 22.7 Å². The Morgan fingerprint density at radius 2 is 1.25 bits per heavy atom. The van der Waals surface area contributed by atoms with Gasteiger partial charge in [0.1, 0.15) is 16.6 Å². The lowest BCUT2D eigenvalue weighted by molar-refractivity contribution is -0.394. The second-order valence-corrected chi connectivity index (χ2v) is 7.04. The normalized spacial score (nSPS) is 11.1. The molecule has 3 rings (SSSR count). The van der Waals surface area contributed by atoms with Gasteiger partial charge in [-0.15, -0.1) is 0 Å². The van der Waals surface area contributed by atoms with Crippen molar-refractivity contribution in [3.8, 4) is 0 Å². The van der Waals surface area contributed by atoms with Crippen LogP contribution in [0.3, 0.4) is 0 Å². The highest BCUT2D eigenvalue weighted by atomic mass is 16.6. The van der Waals surface area contributed by atoms with E-state index in [0.717, 1.165) is 35.0 Å². The minimum absolute atomic E-state index is 0.216. The number of nitro benzene ring substituents is 4. The molecule has 1 amide bonds. The highest BCUT2D eigenvalue weighted by Crippen LogP contribution is 2.26. The van der Waals surface area contributed by atoms with Gasteiger partial charge in [-0.2, -0.15) is 4.99 Å². The van der Waals surface area contributed by atoms with Gasteiger partial charge in [-0.1, -0.05) is 6.07 Å². The summed E-state index contributed by atoms with van der Waals surface area (Å²) in [6.45, 7) is 1.43. The van der Waals surface area contributed by atoms with Crippen LogP contribution in [0.5, 0.6) is 0 Å². The fourth-order valence-electron chi connectivity index (χ4n) is 3.13. The molecule has 0 aliphatic rings. The standard InChI is InChI=1S/C20H12N6O10/c1-11-3-2-8-22(20(28)15-7-5-13(24(31)32)10-17(15)26(35)36)18(11)21-19(27)14-6-4-12(23(29)30)9-16(14)25(33)34/h2-10H,1H3. The minimum Gasteiger partial charge on any atom is -0.268 e. The summed E-state index contributed by atoms with van der Waals surface area (Å²) in [5, 5.41) is 44.7. The Balaban J connectivity index is 2.20. The van der Waals surface area contributed by atoms with E-state index in [2.05, 4.69) is 4.99 Å². The first kappa shape index (κ1) is 25.0. The number of rotatable bonds is 6. The molecule has 0 fully saturated rings. The number of nitro groups is 4. The molecule has 0 N–H and O–H groups in total. The SMILES string of the molecule is Cc1cccn(C(=O)c2ccc([N+](=O)[O-])cc2[N+](=O)[O-])c1=NC(=O)c1ccc([N+](=O)[O-])cc1[N+](=O)[O-]. The van der Waals surface area contributed by atoms with Crippen molar-refractivity contribution < 1.29 is 29.3 Å². The van der Waals surface area contributed by atoms with E-state index in [9.17, 15) is 50.0 Å². The zero-order valence-electron chi connectivity index (χ0n) is 18.0. The van der Waals surface area contributed by atoms with Crippen LogP contribution in [0.1, 0.15) is 26.3 Å². The molecule has 0 spiro atoms. The third kappa shape index (κ3) is 4.81. The number of pyridine rings is 1. The van der Waals surface area contributed by atoms with Gasteiger partial charge in [-0.3, -0.25) is 54.6 Å². The Morgan fingerprint density at radius 1 is 0.750 bits per heavy atom. The second-order valence-electron chi connectivity index (χ2n) is 7.04. The van der Waals surface area contributed by atoms with Crippen molar-refractivity contribution in [3.63, 3.8) is 0 Å². The van der Waals surface area contributed by atoms with Crippen LogP contribution in [0, 0.1) is 47.4 Å². The van der Waals surface area contributed by atoms with E-state index < -0.39 is 65.4 Å². The lowest BCUT2D eigenvalue weighted by Crippen LogP contribution is -2.31. The average Bonchev–Trinajstić information content (AvgIpc) is 2.83. The number of hydrogen-bond acceptors (Lipinski definition) is 10. The molecule has 2 aromatic carbocycles. The number of aryl methyl sites for hydroxylation is 1. The van der Waals surface area contributed by atoms with Gasteiger partial charge >= 0.3 is 0 Å². The molecule has 0 aliphatic heterocycles. The van der Waals surface area contributed by atoms with E-state index in [1.807, 2.05) is 0 Å². The molecule has 3 aromatic rings. The summed E-state index contributed by atoms with van der Waals surface area (Å²) < 4.78 is 0.763. The fourth-order valence-corrected chi connectivity index (χ4v) is 3.13. The topological polar surface area (TPSA) is 224 Å². The van der Waals surface area contributed by atoms with E-state index >= 15 is 0 Å². The molecule has 0 saturated carbocycles. The van der Waals surface area contributed by atoms with E-state index in [1.165, 1.54) is 19.1 Å². The highest BCUT2D eigenvalue weighted by molar-refractivity contribution is 6.01. The molecule has 0 radical (unpaired) electrons. The van der Waals surface area contributed by atoms with Crippen LogP contribution in [-0.4, -0.2) is 36.1 Å². The van der Waals surface area contributed by atoms with Crippen molar-refractivity contribution in [3.05, 3.63) is 117 Å².